The van der Waals surface area contributed by atoms with Crippen LogP contribution in [0.15, 0.2) is 6.33 Å². The summed E-state index contributed by atoms with van der Waals surface area (Å²) in [6.07, 6.45) is 4.16. The number of aromatic nitrogens is 5. The first-order valence-electron chi connectivity index (χ1n) is 8.34. The van der Waals surface area contributed by atoms with Crippen molar-refractivity contribution < 1.29 is 0 Å². The van der Waals surface area contributed by atoms with Crippen molar-refractivity contribution in [1.82, 2.24) is 25.0 Å². The fourth-order valence-corrected chi connectivity index (χ4v) is 3.89. The molecule has 0 aromatic carbocycles. The van der Waals surface area contributed by atoms with Gasteiger partial charge in [0.25, 0.3) is 0 Å². The van der Waals surface area contributed by atoms with Crippen LogP contribution in [-0.4, -0.2) is 38.1 Å². The summed E-state index contributed by atoms with van der Waals surface area (Å²) < 4.78 is 2.19. The lowest BCUT2D eigenvalue weighted by Gasteiger charge is -2.32. The Hall–Kier alpha value is -1.50. The van der Waals surface area contributed by atoms with Crippen LogP contribution in [0.4, 0.5) is 5.13 Å². The Morgan fingerprint density at radius 3 is 2.65 bits per heavy atom. The summed E-state index contributed by atoms with van der Waals surface area (Å²) in [5.41, 5.74) is 0.0585. The monoisotopic (exact) mass is 334 g/mol. The minimum Gasteiger partial charge on any atom is -0.346 e. The average Bonchev–Trinajstić information content (AvgIpc) is 3.16. The van der Waals surface area contributed by atoms with Gasteiger partial charge in [0.2, 0.25) is 5.13 Å². The van der Waals surface area contributed by atoms with Gasteiger partial charge in [0.15, 0.2) is 0 Å². The SMILES string of the molecule is CC(C)n1cnnc1C1CCCN(c2nnc(C(C)(C)C)s2)C1. The fourth-order valence-electron chi connectivity index (χ4n) is 2.95. The van der Waals surface area contributed by atoms with Gasteiger partial charge in [0, 0.05) is 30.5 Å². The van der Waals surface area contributed by atoms with Gasteiger partial charge >= 0.3 is 0 Å². The van der Waals surface area contributed by atoms with Crippen LogP contribution in [0, 0.1) is 0 Å². The molecule has 0 amide bonds. The highest BCUT2D eigenvalue weighted by atomic mass is 32.1. The maximum absolute atomic E-state index is 4.43. The Balaban J connectivity index is 1.78. The molecule has 3 rings (SSSR count). The Labute approximate surface area is 141 Å². The smallest absolute Gasteiger partial charge is 0.208 e. The third-order valence-electron chi connectivity index (χ3n) is 4.27. The number of anilines is 1. The minimum atomic E-state index is 0.0585. The van der Waals surface area contributed by atoms with Crippen LogP contribution in [0.2, 0.25) is 0 Å². The molecule has 1 unspecified atom stereocenters. The first kappa shape index (κ1) is 16.4. The van der Waals surface area contributed by atoms with E-state index in [1.165, 1.54) is 0 Å². The van der Waals surface area contributed by atoms with E-state index in [0.717, 1.165) is 41.9 Å². The Morgan fingerprint density at radius 2 is 2.00 bits per heavy atom. The lowest BCUT2D eigenvalue weighted by atomic mass is 9.97. The Bertz CT molecular complexity index is 654. The van der Waals surface area contributed by atoms with Crippen LogP contribution in [0.25, 0.3) is 0 Å². The lowest BCUT2D eigenvalue weighted by Crippen LogP contribution is -2.35. The highest BCUT2D eigenvalue weighted by Crippen LogP contribution is 2.34. The summed E-state index contributed by atoms with van der Waals surface area (Å²) in [6, 6.07) is 0.393. The minimum absolute atomic E-state index is 0.0585. The molecular weight excluding hydrogens is 308 g/mol. The zero-order chi connectivity index (χ0) is 16.6. The van der Waals surface area contributed by atoms with Gasteiger partial charge in [-0.2, -0.15) is 0 Å². The van der Waals surface area contributed by atoms with Gasteiger partial charge in [-0.05, 0) is 26.7 Å². The molecule has 1 fully saturated rings. The molecule has 0 aliphatic carbocycles. The number of rotatable bonds is 3. The van der Waals surface area contributed by atoms with Crippen LogP contribution in [0.1, 0.15) is 70.3 Å². The molecule has 2 aromatic rings. The first-order chi connectivity index (χ1) is 10.9. The molecule has 23 heavy (non-hydrogen) atoms. The van der Waals surface area contributed by atoms with Crippen molar-refractivity contribution in [1.29, 1.82) is 0 Å². The quantitative estimate of drug-likeness (QED) is 0.861. The molecule has 1 aliphatic heterocycles. The molecular formula is C16H26N6S. The van der Waals surface area contributed by atoms with E-state index in [1.807, 2.05) is 6.33 Å². The zero-order valence-corrected chi connectivity index (χ0v) is 15.5. The number of nitrogens with zero attached hydrogens (tertiary/aromatic N) is 6. The topological polar surface area (TPSA) is 59.7 Å². The maximum atomic E-state index is 4.43. The molecule has 1 atom stereocenters. The van der Waals surface area contributed by atoms with Crippen LogP contribution in [-0.2, 0) is 5.41 Å². The van der Waals surface area contributed by atoms with Crippen LogP contribution in [0.5, 0.6) is 0 Å². The van der Waals surface area contributed by atoms with E-state index in [2.05, 4.69) is 64.5 Å². The van der Waals surface area contributed by atoms with Crippen LogP contribution in [0.3, 0.4) is 0 Å². The molecule has 2 aromatic heterocycles. The van der Waals surface area contributed by atoms with Gasteiger partial charge in [-0.3, -0.25) is 0 Å². The van der Waals surface area contributed by atoms with E-state index in [4.69, 9.17) is 0 Å². The summed E-state index contributed by atoms with van der Waals surface area (Å²) in [7, 11) is 0. The van der Waals surface area contributed by atoms with Gasteiger partial charge in [-0.25, -0.2) is 0 Å². The van der Waals surface area contributed by atoms with E-state index in [0.29, 0.717) is 12.0 Å². The second-order valence-electron chi connectivity index (χ2n) is 7.62. The Kier molecular flexibility index (Phi) is 4.40. The van der Waals surface area contributed by atoms with Crippen molar-refractivity contribution in [2.75, 3.05) is 18.0 Å². The molecule has 6 nitrogen and oxygen atoms in total. The largest absolute Gasteiger partial charge is 0.346 e. The maximum Gasteiger partial charge on any atom is 0.208 e. The van der Waals surface area contributed by atoms with Crippen LogP contribution >= 0.6 is 11.3 Å². The van der Waals surface area contributed by atoms with Crippen molar-refractivity contribution in [2.45, 2.75) is 64.8 Å². The lowest BCUT2D eigenvalue weighted by molar-refractivity contribution is 0.454. The van der Waals surface area contributed by atoms with Gasteiger partial charge in [-0.1, -0.05) is 32.1 Å². The van der Waals surface area contributed by atoms with E-state index in [-0.39, 0.29) is 5.41 Å². The van der Waals surface area contributed by atoms with Crippen LogP contribution < -0.4 is 4.90 Å². The van der Waals surface area contributed by atoms with Gasteiger partial charge in [-0.15, -0.1) is 20.4 Å². The number of hydrogen-bond donors (Lipinski definition) is 0. The van der Waals surface area contributed by atoms with Crippen molar-refractivity contribution in [3.8, 4) is 0 Å². The summed E-state index contributed by atoms with van der Waals surface area (Å²) in [5.74, 6) is 1.51. The number of piperidine rings is 1. The second kappa shape index (κ2) is 6.19. The highest BCUT2D eigenvalue weighted by molar-refractivity contribution is 7.15. The summed E-state index contributed by atoms with van der Waals surface area (Å²) in [6.45, 7) is 12.9. The molecule has 1 saturated heterocycles. The van der Waals surface area contributed by atoms with E-state index in [1.54, 1.807) is 11.3 Å². The molecule has 0 spiro atoms. The highest BCUT2D eigenvalue weighted by Gasteiger charge is 2.29. The predicted molar refractivity (Wildman–Crippen MR) is 93.2 cm³/mol. The molecule has 0 saturated carbocycles. The second-order valence-corrected chi connectivity index (χ2v) is 8.57. The van der Waals surface area contributed by atoms with E-state index >= 15 is 0 Å². The molecule has 7 heteroatoms. The summed E-state index contributed by atoms with van der Waals surface area (Å²) in [4.78, 5) is 2.36. The molecule has 0 N–H and O–H groups in total. The standard InChI is InChI=1S/C16H26N6S/c1-11(2)22-10-17-18-13(22)12-7-6-8-21(9-12)15-20-19-14(23-15)16(3,4)5/h10-12H,6-9H2,1-5H3. The fraction of sp³-hybridized carbons (Fsp3) is 0.750. The third kappa shape index (κ3) is 3.39. The van der Waals surface area contributed by atoms with Gasteiger partial charge in [0.1, 0.15) is 17.2 Å². The van der Waals surface area contributed by atoms with Crippen molar-refractivity contribution in [3.05, 3.63) is 17.2 Å². The average molecular weight is 334 g/mol. The third-order valence-corrected chi connectivity index (χ3v) is 5.68. The van der Waals surface area contributed by atoms with E-state index < -0.39 is 0 Å². The summed E-state index contributed by atoms with van der Waals surface area (Å²) >= 11 is 1.72. The predicted octanol–water partition coefficient (Wildman–Crippen LogP) is 3.39. The van der Waals surface area contributed by atoms with Crippen molar-refractivity contribution >= 4 is 16.5 Å². The van der Waals surface area contributed by atoms with E-state index in [9.17, 15) is 0 Å². The van der Waals surface area contributed by atoms with Gasteiger partial charge in [0.05, 0.1) is 0 Å². The Morgan fingerprint density at radius 1 is 1.22 bits per heavy atom. The van der Waals surface area contributed by atoms with Gasteiger partial charge < -0.3 is 9.47 Å². The van der Waals surface area contributed by atoms with Crippen molar-refractivity contribution in [3.63, 3.8) is 0 Å². The molecule has 1 aliphatic rings. The molecule has 3 heterocycles. The molecule has 126 valence electrons. The number of hydrogen-bond acceptors (Lipinski definition) is 6. The molecule has 0 radical (unpaired) electrons. The first-order valence-corrected chi connectivity index (χ1v) is 9.16. The summed E-state index contributed by atoms with van der Waals surface area (Å²) in [5, 5.41) is 19.5. The van der Waals surface area contributed by atoms with Crippen molar-refractivity contribution in [2.24, 2.45) is 0 Å². The zero-order valence-electron chi connectivity index (χ0n) is 14.7. The normalized spacial score (nSPS) is 19.6. The molecule has 0 bridgehead atoms.